The number of fused-ring (bicyclic) bond motifs is 1. The lowest BCUT2D eigenvalue weighted by Gasteiger charge is -2.36. The van der Waals surface area contributed by atoms with Gasteiger partial charge in [0.2, 0.25) is 5.95 Å². The molecule has 2 aromatic rings. The van der Waals surface area contributed by atoms with Crippen molar-refractivity contribution in [3.8, 4) is 0 Å². The quantitative estimate of drug-likeness (QED) is 0.797. The van der Waals surface area contributed by atoms with E-state index in [4.69, 9.17) is 0 Å². The molecule has 0 spiro atoms. The Morgan fingerprint density at radius 1 is 1.52 bits per heavy atom. The van der Waals surface area contributed by atoms with Crippen LogP contribution in [-0.4, -0.2) is 51.6 Å². The van der Waals surface area contributed by atoms with E-state index in [1.165, 1.54) is 15.8 Å². The van der Waals surface area contributed by atoms with Crippen LogP contribution >= 0.6 is 0 Å². The van der Waals surface area contributed by atoms with Crippen molar-refractivity contribution in [3.63, 3.8) is 0 Å². The number of hydrogen-bond acceptors (Lipinski definition) is 6. The largest absolute Gasteiger partial charge is 0.469 e. The average molecular weight is 327 g/mol. The first-order valence-electron chi connectivity index (χ1n) is 6.92. The Bertz CT molecular complexity index is 816. The minimum atomic E-state index is -3.09. The molecule has 3 rings (SSSR count). The number of alkyl halides is 2. The monoisotopic (exact) mass is 327 g/mol. The Kier molecular flexibility index (Phi) is 3.53. The summed E-state index contributed by atoms with van der Waals surface area (Å²) >= 11 is 0. The van der Waals surface area contributed by atoms with Gasteiger partial charge in [0.05, 0.1) is 25.9 Å². The summed E-state index contributed by atoms with van der Waals surface area (Å²) in [6.07, 6.45) is 0.824. The van der Waals surface area contributed by atoms with E-state index in [0.717, 1.165) is 7.11 Å². The van der Waals surface area contributed by atoms with Gasteiger partial charge in [0.25, 0.3) is 11.5 Å². The molecule has 1 fully saturated rings. The number of carbonyl (C=O) groups excluding carboxylic acids is 1. The van der Waals surface area contributed by atoms with E-state index in [-0.39, 0.29) is 23.7 Å². The molecule has 1 aliphatic heterocycles. The number of methoxy groups -OCH3 is 1. The van der Waals surface area contributed by atoms with Gasteiger partial charge in [0, 0.05) is 20.0 Å². The molecule has 8 nitrogen and oxygen atoms in total. The van der Waals surface area contributed by atoms with E-state index in [1.54, 1.807) is 7.05 Å². The summed E-state index contributed by atoms with van der Waals surface area (Å²) in [5.74, 6) is -4.83. The summed E-state index contributed by atoms with van der Waals surface area (Å²) in [5, 5.41) is 0. The fourth-order valence-electron chi connectivity index (χ4n) is 2.79. The lowest BCUT2D eigenvalue weighted by molar-refractivity contribution is -0.150. The fourth-order valence-corrected chi connectivity index (χ4v) is 2.79. The van der Waals surface area contributed by atoms with Crippen molar-refractivity contribution in [2.45, 2.75) is 12.3 Å². The van der Waals surface area contributed by atoms with Crippen LogP contribution in [0, 0.1) is 5.92 Å². The molecular formula is C13H15F2N5O3. The second-order valence-corrected chi connectivity index (χ2v) is 5.58. The number of H-pyrrole nitrogens is 1. The topological polar surface area (TPSA) is 93.1 Å². The van der Waals surface area contributed by atoms with E-state index in [9.17, 15) is 18.4 Å². The Hall–Kier alpha value is -2.52. The van der Waals surface area contributed by atoms with E-state index in [1.807, 2.05) is 0 Å². The summed E-state index contributed by atoms with van der Waals surface area (Å²) in [4.78, 5) is 35.5. The van der Waals surface area contributed by atoms with E-state index < -0.39 is 36.3 Å². The van der Waals surface area contributed by atoms with Crippen LogP contribution in [0.4, 0.5) is 14.7 Å². The highest BCUT2D eigenvalue weighted by Crippen LogP contribution is 2.32. The lowest BCUT2D eigenvalue weighted by Crippen LogP contribution is -2.50. The first-order chi connectivity index (χ1) is 10.8. The Morgan fingerprint density at radius 3 is 2.96 bits per heavy atom. The van der Waals surface area contributed by atoms with Gasteiger partial charge < -0.3 is 14.2 Å². The number of anilines is 1. The number of halogens is 2. The van der Waals surface area contributed by atoms with Crippen molar-refractivity contribution < 1.29 is 18.3 Å². The molecule has 1 aliphatic rings. The molecule has 0 bridgehead atoms. The molecule has 124 valence electrons. The maximum atomic E-state index is 13.9. The van der Waals surface area contributed by atoms with Crippen LogP contribution in [-0.2, 0) is 16.6 Å². The Balaban J connectivity index is 1.99. The third-order valence-corrected chi connectivity index (χ3v) is 3.81. The second-order valence-electron chi connectivity index (χ2n) is 5.58. The number of ether oxygens (including phenoxy) is 1. The van der Waals surface area contributed by atoms with Crippen LogP contribution in [0.15, 0.2) is 11.1 Å². The number of nitrogens with one attached hydrogen (secondary N) is 1. The van der Waals surface area contributed by atoms with Crippen molar-refractivity contribution in [1.82, 2.24) is 19.5 Å². The predicted molar refractivity (Wildman–Crippen MR) is 76.4 cm³/mol. The van der Waals surface area contributed by atoms with Gasteiger partial charge in [-0.15, -0.1) is 0 Å². The molecule has 0 saturated carbocycles. The first-order valence-corrected chi connectivity index (χ1v) is 6.92. The molecule has 3 heterocycles. The van der Waals surface area contributed by atoms with Crippen molar-refractivity contribution >= 4 is 23.1 Å². The summed E-state index contributed by atoms with van der Waals surface area (Å²) in [5.41, 5.74) is -0.0645. The van der Waals surface area contributed by atoms with Crippen LogP contribution in [0.2, 0.25) is 0 Å². The van der Waals surface area contributed by atoms with E-state index >= 15 is 0 Å². The number of esters is 1. The molecule has 0 aliphatic carbocycles. The van der Waals surface area contributed by atoms with Crippen LogP contribution in [0.25, 0.3) is 11.2 Å². The van der Waals surface area contributed by atoms with Gasteiger partial charge >= 0.3 is 5.97 Å². The molecule has 1 unspecified atom stereocenters. The third kappa shape index (κ3) is 2.76. The SMILES string of the molecule is COC(=O)C1CN(c2nc3ncn(C)c3c(=O)[nH]2)CC(F)(F)C1. The lowest BCUT2D eigenvalue weighted by atomic mass is 9.95. The standard InChI is InChI=1S/C13H15F2N5O3/c1-19-6-16-9-8(19)10(21)18-12(17-9)20-4-7(11(22)23-2)3-13(14,15)5-20/h6-7H,3-5H2,1-2H3,(H,17,18,21). The van der Waals surface area contributed by atoms with Crippen molar-refractivity contribution in [3.05, 3.63) is 16.7 Å². The van der Waals surface area contributed by atoms with Crippen LogP contribution in [0.3, 0.4) is 0 Å². The molecule has 0 amide bonds. The molecule has 2 aromatic heterocycles. The van der Waals surface area contributed by atoms with Crippen molar-refractivity contribution in [2.75, 3.05) is 25.1 Å². The van der Waals surface area contributed by atoms with Crippen LogP contribution in [0.1, 0.15) is 6.42 Å². The maximum absolute atomic E-state index is 13.9. The number of hydrogen-bond donors (Lipinski definition) is 1. The number of nitrogens with zero attached hydrogens (tertiary/aromatic N) is 4. The number of imidazole rings is 1. The highest BCUT2D eigenvalue weighted by molar-refractivity contribution is 5.74. The Morgan fingerprint density at radius 2 is 2.26 bits per heavy atom. The minimum absolute atomic E-state index is 0.0104. The van der Waals surface area contributed by atoms with Crippen LogP contribution < -0.4 is 10.5 Å². The third-order valence-electron chi connectivity index (χ3n) is 3.81. The van der Waals surface area contributed by atoms with Gasteiger partial charge in [-0.25, -0.2) is 13.8 Å². The molecule has 0 radical (unpaired) electrons. The summed E-state index contributed by atoms with van der Waals surface area (Å²) in [6, 6.07) is 0. The Labute approximate surface area is 129 Å². The van der Waals surface area contributed by atoms with Gasteiger partial charge in [0.1, 0.15) is 0 Å². The predicted octanol–water partition coefficient (Wildman–Crippen LogP) is 0.291. The molecule has 1 saturated heterocycles. The summed E-state index contributed by atoms with van der Waals surface area (Å²) in [7, 11) is 2.79. The summed E-state index contributed by atoms with van der Waals surface area (Å²) < 4.78 is 33.9. The van der Waals surface area contributed by atoms with Gasteiger partial charge in [-0.3, -0.25) is 14.6 Å². The highest BCUT2D eigenvalue weighted by atomic mass is 19.3. The van der Waals surface area contributed by atoms with Gasteiger partial charge in [-0.1, -0.05) is 0 Å². The summed E-state index contributed by atoms with van der Waals surface area (Å²) in [6.45, 7) is -0.648. The molecular weight excluding hydrogens is 312 g/mol. The first kappa shape index (κ1) is 15.4. The van der Waals surface area contributed by atoms with E-state index in [0.29, 0.717) is 0 Å². The zero-order valence-corrected chi connectivity index (χ0v) is 12.5. The van der Waals surface area contributed by atoms with E-state index in [2.05, 4.69) is 19.7 Å². The number of aryl methyl sites for hydroxylation is 1. The fraction of sp³-hybridized carbons (Fsp3) is 0.538. The zero-order valence-electron chi connectivity index (χ0n) is 12.5. The number of piperidine rings is 1. The molecule has 23 heavy (non-hydrogen) atoms. The number of rotatable bonds is 2. The van der Waals surface area contributed by atoms with Gasteiger partial charge in [-0.2, -0.15) is 4.98 Å². The molecule has 1 N–H and O–H groups in total. The molecule has 10 heteroatoms. The number of aromatic nitrogens is 4. The van der Waals surface area contributed by atoms with Crippen molar-refractivity contribution in [1.29, 1.82) is 0 Å². The minimum Gasteiger partial charge on any atom is -0.469 e. The maximum Gasteiger partial charge on any atom is 0.310 e. The zero-order chi connectivity index (χ0) is 16.8. The average Bonchev–Trinajstić information content (AvgIpc) is 2.86. The number of carbonyl (C=O) groups is 1. The van der Waals surface area contributed by atoms with Gasteiger partial charge in [0.15, 0.2) is 11.2 Å². The normalized spacial score (nSPS) is 20.7. The van der Waals surface area contributed by atoms with Crippen LogP contribution in [0.5, 0.6) is 0 Å². The smallest absolute Gasteiger partial charge is 0.310 e. The van der Waals surface area contributed by atoms with Crippen molar-refractivity contribution in [2.24, 2.45) is 13.0 Å². The molecule has 1 atom stereocenters. The number of aromatic amines is 1. The second kappa shape index (κ2) is 5.28. The highest BCUT2D eigenvalue weighted by Gasteiger charge is 2.44. The molecule has 0 aromatic carbocycles. The van der Waals surface area contributed by atoms with Gasteiger partial charge in [-0.05, 0) is 0 Å².